The van der Waals surface area contributed by atoms with E-state index in [0.29, 0.717) is 24.0 Å². The van der Waals surface area contributed by atoms with Crippen LogP contribution in [0.5, 0.6) is 0 Å². The molecule has 2 aromatic carbocycles. The smallest absolute Gasteiger partial charge is 0.246 e. The quantitative estimate of drug-likeness (QED) is 0.423. The molecule has 32 heavy (non-hydrogen) atoms. The van der Waals surface area contributed by atoms with Crippen molar-refractivity contribution in [2.24, 2.45) is 0 Å². The number of hydrogen-bond donors (Lipinski definition) is 1. The summed E-state index contributed by atoms with van der Waals surface area (Å²) >= 11 is 0. The lowest BCUT2D eigenvalue weighted by molar-refractivity contribution is -0.126. The normalized spacial score (nSPS) is 11.3. The Labute approximate surface area is 188 Å². The van der Waals surface area contributed by atoms with Crippen LogP contribution < -0.4 is 5.32 Å². The van der Waals surface area contributed by atoms with Crippen LogP contribution in [0.25, 0.3) is 11.3 Å². The molecule has 1 N–H and O–H groups in total. The Balaban J connectivity index is 1.32. The van der Waals surface area contributed by atoms with Crippen LogP contribution >= 0.6 is 0 Å². The summed E-state index contributed by atoms with van der Waals surface area (Å²) in [5.41, 5.74) is 2.59. The van der Waals surface area contributed by atoms with Gasteiger partial charge < -0.3 is 14.6 Å². The first-order chi connectivity index (χ1) is 15.5. The van der Waals surface area contributed by atoms with E-state index in [1.54, 1.807) is 18.2 Å². The van der Waals surface area contributed by atoms with Crippen LogP contribution in [0.3, 0.4) is 0 Å². The maximum Gasteiger partial charge on any atom is 0.246 e. The molecule has 0 saturated heterocycles. The van der Waals surface area contributed by atoms with Crippen molar-refractivity contribution in [2.75, 3.05) is 19.7 Å². The molecule has 0 bridgehead atoms. The van der Waals surface area contributed by atoms with Crippen molar-refractivity contribution in [3.8, 4) is 11.3 Å². The van der Waals surface area contributed by atoms with E-state index in [4.69, 9.17) is 9.26 Å². The zero-order valence-electron chi connectivity index (χ0n) is 18.6. The van der Waals surface area contributed by atoms with Gasteiger partial charge in [-0.25, -0.2) is 4.39 Å². The van der Waals surface area contributed by atoms with Crippen molar-refractivity contribution in [2.45, 2.75) is 39.5 Å². The van der Waals surface area contributed by atoms with Gasteiger partial charge in [0.2, 0.25) is 5.91 Å². The van der Waals surface area contributed by atoms with Crippen LogP contribution in [-0.4, -0.2) is 41.7 Å². The fraction of sp³-hybridized carbons (Fsp3) is 0.360. The Kier molecular flexibility index (Phi) is 8.95. The highest BCUT2D eigenvalue weighted by Gasteiger charge is 2.11. The predicted octanol–water partition coefficient (Wildman–Crippen LogP) is 4.41. The van der Waals surface area contributed by atoms with Crippen LogP contribution in [0.2, 0.25) is 0 Å². The average Bonchev–Trinajstić information content (AvgIpc) is 3.26. The number of carbonyl (C=O) groups is 1. The highest BCUT2D eigenvalue weighted by Crippen LogP contribution is 2.20. The summed E-state index contributed by atoms with van der Waals surface area (Å²) in [5.74, 6) is 0.0561. The van der Waals surface area contributed by atoms with Crippen LogP contribution in [0.4, 0.5) is 4.39 Å². The Hall–Kier alpha value is -3.03. The minimum atomic E-state index is -0.309. The number of aromatic nitrogens is 1. The summed E-state index contributed by atoms with van der Waals surface area (Å²) in [5, 5.41) is 6.82. The molecule has 0 aliphatic heterocycles. The third-order valence-corrected chi connectivity index (χ3v) is 5.07. The molecule has 1 amide bonds. The van der Waals surface area contributed by atoms with E-state index in [1.807, 2.05) is 6.07 Å². The van der Waals surface area contributed by atoms with Gasteiger partial charge in [-0.1, -0.05) is 35.5 Å². The van der Waals surface area contributed by atoms with Crippen molar-refractivity contribution in [1.29, 1.82) is 0 Å². The Morgan fingerprint density at radius 2 is 1.91 bits per heavy atom. The minimum Gasteiger partial charge on any atom is -0.365 e. The number of amides is 1. The minimum absolute atomic E-state index is 0.0450. The largest absolute Gasteiger partial charge is 0.365 e. The molecule has 0 aliphatic carbocycles. The molecule has 0 spiro atoms. The first-order valence-corrected chi connectivity index (χ1v) is 10.8. The molecule has 7 heteroatoms. The van der Waals surface area contributed by atoms with Gasteiger partial charge in [-0.05, 0) is 50.1 Å². The highest BCUT2D eigenvalue weighted by atomic mass is 19.1. The van der Waals surface area contributed by atoms with Crippen molar-refractivity contribution < 1.29 is 18.4 Å². The number of nitrogens with one attached hydrogen (secondary N) is 1. The molecule has 0 fully saturated rings. The molecule has 1 heterocycles. The summed E-state index contributed by atoms with van der Waals surface area (Å²) in [7, 11) is 0. The maximum atomic E-state index is 13.0. The number of halogens is 1. The number of hydrogen-bond acceptors (Lipinski definition) is 5. The van der Waals surface area contributed by atoms with Gasteiger partial charge in [-0.3, -0.25) is 9.69 Å². The zero-order chi connectivity index (χ0) is 22.8. The molecule has 0 atom stereocenters. The molecule has 6 nitrogen and oxygen atoms in total. The van der Waals surface area contributed by atoms with E-state index < -0.39 is 0 Å². The number of ether oxygens (including phenoxy) is 1. The Morgan fingerprint density at radius 3 is 2.62 bits per heavy atom. The molecular weight excluding hydrogens is 409 g/mol. The van der Waals surface area contributed by atoms with E-state index in [9.17, 15) is 9.18 Å². The van der Waals surface area contributed by atoms with E-state index in [-0.39, 0.29) is 24.9 Å². The molecule has 3 rings (SSSR count). The number of benzene rings is 2. The van der Waals surface area contributed by atoms with E-state index >= 15 is 0 Å². The standard InChI is InChI=1S/C25H30FN3O3/c1-19(2)29(16-20-7-4-3-5-8-20)14-6-13-27-25(30)18-31-17-23-15-24(32-28-23)21-9-11-22(26)12-10-21/h3-5,7-12,15,19H,6,13-14,16-18H2,1-2H3,(H,27,30). The Morgan fingerprint density at radius 1 is 1.16 bits per heavy atom. The molecule has 0 unspecified atom stereocenters. The zero-order valence-corrected chi connectivity index (χ0v) is 18.6. The predicted molar refractivity (Wildman–Crippen MR) is 121 cm³/mol. The van der Waals surface area contributed by atoms with Crippen LogP contribution in [0.1, 0.15) is 31.5 Å². The summed E-state index contributed by atoms with van der Waals surface area (Å²) < 4.78 is 23.7. The van der Waals surface area contributed by atoms with Crippen molar-refractivity contribution in [3.05, 3.63) is 77.7 Å². The van der Waals surface area contributed by atoms with Gasteiger partial charge in [0, 0.05) is 37.3 Å². The molecular formula is C25H30FN3O3. The second-order valence-electron chi connectivity index (χ2n) is 7.94. The van der Waals surface area contributed by atoms with E-state index in [2.05, 4.69) is 53.5 Å². The van der Waals surface area contributed by atoms with Gasteiger partial charge >= 0.3 is 0 Å². The molecule has 1 aromatic heterocycles. The van der Waals surface area contributed by atoms with E-state index in [1.165, 1.54) is 17.7 Å². The van der Waals surface area contributed by atoms with Crippen molar-refractivity contribution >= 4 is 5.91 Å². The summed E-state index contributed by atoms with van der Waals surface area (Å²) in [6.45, 7) is 6.87. The van der Waals surface area contributed by atoms with E-state index in [0.717, 1.165) is 25.1 Å². The number of carbonyl (C=O) groups excluding carboxylic acids is 1. The third kappa shape index (κ3) is 7.59. The van der Waals surface area contributed by atoms with Gasteiger partial charge in [-0.2, -0.15) is 0 Å². The third-order valence-electron chi connectivity index (χ3n) is 5.07. The fourth-order valence-corrected chi connectivity index (χ4v) is 3.28. The van der Waals surface area contributed by atoms with Gasteiger partial charge in [-0.15, -0.1) is 0 Å². The lowest BCUT2D eigenvalue weighted by Gasteiger charge is -2.26. The molecule has 0 saturated carbocycles. The molecule has 0 radical (unpaired) electrons. The molecule has 3 aromatic rings. The molecule has 0 aliphatic rings. The summed E-state index contributed by atoms with van der Waals surface area (Å²) in [6, 6.07) is 18.5. The lowest BCUT2D eigenvalue weighted by atomic mass is 10.1. The maximum absolute atomic E-state index is 13.0. The molecule has 170 valence electrons. The van der Waals surface area contributed by atoms with Crippen molar-refractivity contribution in [1.82, 2.24) is 15.4 Å². The SMILES string of the molecule is CC(C)N(CCCNC(=O)COCc1cc(-c2ccc(F)cc2)on1)Cc1ccccc1. The summed E-state index contributed by atoms with van der Waals surface area (Å²) in [4.78, 5) is 14.4. The van der Waals surface area contributed by atoms with Crippen LogP contribution in [0, 0.1) is 5.82 Å². The first kappa shape index (κ1) is 23.6. The van der Waals surface area contributed by atoms with Gasteiger partial charge in [0.15, 0.2) is 5.76 Å². The highest BCUT2D eigenvalue weighted by molar-refractivity contribution is 5.77. The number of rotatable bonds is 12. The van der Waals surface area contributed by atoms with Crippen LogP contribution in [0.15, 0.2) is 65.2 Å². The second kappa shape index (κ2) is 12.1. The van der Waals surface area contributed by atoms with Gasteiger partial charge in [0.1, 0.15) is 18.1 Å². The number of nitrogens with zero attached hydrogens (tertiary/aromatic N) is 2. The second-order valence-corrected chi connectivity index (χ2v) is 7.94. The fourth-order valence-electron chi connectivity index (χ4n) is 3.28. The first-order valence-electron chi connectivity index (χ1n) is 10.8. The van der Waals surface area contributed by atoms with Crippen molar-refractivity contribution in [3.63, 3.8) is 0 Å². The lowest BCUT2D eigenvalue weighted by Crippen LogP contribution is -2.34. The Bertz CT molecular complexity index is 958. The average molecular weight is 440 g/mol. The monoisotopic (exact) mass is 439 g/mol. The summed E-state index contributed by atoms with van der Waals surface area (Å²) in [6.07, 6.45) is 0.862. The topological polar surface area (TPSA) is 67.6 Å². The van der Waals surface area contributed by atoms with Gasteiger partial charge in [0.25, 0.3) is 0 Å². The van der Waals surface area contributed by atoms with Crippen LogP contribution in [-0.2, 0) is 22.7 Å². The van der Waals surface area contributed by atoms with Gasteiger partial charge in [0.05, 0.1) is 6.61 Å².